The molecule has 0 radical (unpaired) electrons. The molecule has 0 aliphatic heterocycles. The summed E-state index contributed by atoms with van der Waals surface area (Å²) in [6, 6.07) is 9.43. The number of esters is 4. The summed E-state index contributed by atoms with van der Waals surface area (Å²) in [4.78, 5) is 63.5. The van der Waals surface area contributed by atoms with Gasteiger partial charge in [0.2, 0.25) is 0 Å². The molecule has 102 heavy (non-hydrogen) atoms. The number of hydrogen-bond acceptors (Lipinski definition) is 18. The van der Waals surface area contributed by atoms with Gasteiger partial charge in [0.25, 0.3) is 0 Å². The molecule has 1 aromatic rings. The lowest BCUT2D eigenvalue weighted by molar-refractivity contribution is -0.252. The molecule has 0 bridgehead atoms. The number of hydrogen-bond donors (Lipinski definition) is 0. The average molecular weight is 1490 g/mol. The largest absolute Gasteiger partial charge is 0.501 e. The number of unbranched alkanes of at least 4 members (excludes halogenated alkanes) is 48. The predicted octanol–water partition coefficient (Wildman–Crippen LogP) is 25.0. The van der Waals surface area contributed by atoms with Gasteiger partial charge >= 0.3 is 40.3 Å². The molecule has 1 rings (SSSR count). The molecular weight excluding hydrogens is 1330 g/mol. The molecular formula is C82H152O18P2. The van der Waals surface area contributed by atoms with E-state index in [4.69, 9.17) is 60.9 Å². The Kier molecular flexibility index (Phi) is 71.8. The maximum Gasteiger partial charge on any atom is 0.501 e. The van der Waals surface area contributed by atoms with E-state index >= 15 is 0 Å². The number of rotatable bonds is 81. The van der Waals surface area contributed by atoms with E-state index in [2.05, 4.69) is 27.7 Å². The standard InChI is InChI=1S/C82H152O18P2/c1-7-11-15-19-23-27-31-35-39-43-47-51-58-64-79(83)91-69-77(97-81(85)66-60-53-49-45-41-37-33-29-25-21-17-13-9-3)72-93-99-101(88-5)95-73-76(90-68-75-62-56-55-57-63-75)71-94-100-102(87,89-6)96-74-78(98-82(86)67-61-54-50-46-42-38-34-30-26-22-18-14-10-4)70-92-80(84)65-59-52-48-44-40-36-32-28-24-20-16-12-8-2/h55-57,62-63,76-78H,7-54,58-61,64-74H2,1-6H3. The third kappa shape index (κ3) is 65.7. The molecule has 0 aliphatic rings. The lowest BCUT2D eigenvalue weighted by atomic mass is 10.0. The minimum absolute atomic E-state index is 0.133. The molecule has 18 nitrogen and oxygen atoms in total. The number of phosphoric acid groups is 1. The van der Waals surface area contributed by atoms with Crippen molar-refractivity contribution in [3.8, 4) is 0 Å². The lowest BCUT2D eigenvalue weighted by Gasteiger charge is -2.23. The van der Waals surface area contributed by atoms with E-state index in [1.54, 1.807) is 0 Å². The van der Waals surface area contributed by atoms with Crippen molar-refractivity contribution in [1.29, 1.82) is 0 Å². The van der Waals surface area contributed by atoms with Gasteiger partial charge in [0.1, 0.15) is 32.5 Å². The van der Waals surface area contributed by atoms with Crippen LogP contribution in [0.4, 0.5) is 0 Å². The first-order chi connectivity index (χ1) is 50.0. The zero-order valence-corrected chi connectivity index (χ0v) is 67.7. The summed E-state index contributed by atoms with van der Waals surface area (Å²) < 4.78 is 76.3. The van der Waals surface area contributed by atoms with E-state index in [9.17, 15) is 23.7 Å². The summed E-state index contributed by atoms with van der Waals surface area (Å²) >= 11 is 0. The third-order valence-electron chi connectivity index (χ3n) is 18.6. The Labute approximate surface area is 623 Å². The van der Waals surface area contributed by atoms with Crippen LogP contribution in [0, 0.1) is 0 Å². The molecule has 0 spiro atoms. The summed E-state index contributed by atoms with van der Waals surface area (Å²) in [5.41, 5.74) is 0.849. The van der Waals surface area contributed by atoms with Gasteiger partial charge < -0.3 is 32.7 Å². The van der Waals surface area contributed by atoms with E-state index in [1.807, 2.05) is 30.3 Å². The first kappa shape index (κ1) is 97.4. The number of ether oxygens (including phenoxy) is 5. The normalized spacial score (nSPS) is 13.4. The van der Waals surface area contributed by atoms with Crippen LogP contribution in [0.2, 0.25) is 0 Å². The maximum atomic E-state index is 13.9. The maximum absolute atomic E-state index is 13.9. The average Bonchev–Trinajstić information content (AvgIpc) is 0.912. The molecule has 5 unspecified atom stereocenters. The molecule has 5 atom stereocenters. The summed E-state index contributed by atoms with van der Waals surface area (Å²) in [6.07, 6.45) is 59.7. The Balaban J connectivity index is 2.93. The fraction of sp³-hybridized carbons (Fsp3) is 0.878. The monoisotopic (exact) mass is 1490 g/mol. The van der Waals surface area contributed by atoms with Gasteiger partial charge in [0, 0.05) is 39.9 Å². The Bertz CT molecular complexity index is 2040. The first-order valence-electron chi connectivity index (χ1n) is 41.7. The number of phosphoric ester groups is 1. The van der Waals surface area contributed by atoms with Crippen LogP contribution in [0.15, 0.2) is 30.3 Å². The van der Waals surface area contributed by atoms with Gasteiger partial charge in [-0.1, -0.05) is 366 Å². The van der Waals surface area contributed by atoms with Crippen LogP contribution in [0.25, 0.3) is 0 Å². The lowest BCUT2D eigenvalue weighted by Crippen LogP contribution is -2.30. The molecule has 598 valence electrons. The van der Waals surface area contributed by atoms with E-state index < -0.39 is 59.3 Å². The second-order valence-corrected chi connectivity index (χ2v) is 31.2. The van der Waals surface area contributed by atoms with Crippen molar-refractivity contribution in [3.05, 3.63) is 35.9 Å². The van der Waals surface area contributed by atoms with Crippen LogP contribution in [-0.4, -0.2) is 96.1 Å². The minimum Gasteiger partial charge on any atom is -0.462 e. The first-order valence-corrected chi connectivity index (χ1v) is 44.3. The van der Waals surface area contributed by atoms with Gasteiger partial charge in [-0.2, -0.15) is 4.67 Å². The summed E-state index contributed by atoms with van der Waals surface area (Å²) in [5.74, 6) is -1.68. The molecule has 0 heterocycles. The summed E-state index contributed by atoms with van der Waals surface area (Å²) in [6.45, 7) is 7.28. The Hall–Kier alpha value is -2.60. The van der Waals surface area contributed by atoms with E-state index in [-0.39, 0.29) is 71.3 Å². The topological polar surface area (TPSA) is 205 Å². The minimum atomic E-state index is -4.48. The Morgan fingerprint density at radius 2 is 0.657 bits per heavy atom. The fourth-order valence-corrected chi connectivity index (χ4v) is 13.6. The number of carbonyl (C=O) groups excluding carboxylic acids is 4. The predicted molar refractivity (Wildman–Crippen MR) is 412 cm³/mol. The van der Waals surface area contributed by atoms with Crippen molar-refractivity contribution < 1.29 is 84.6 Å². The summed E-state index contributed by atoms with van der Waals surface area (Å²) in [5, 5.41) is 0. The van der Waals surface area contributed by atoms with Crippen molar-refractivity contribution in [2.45, 2.75) is 412 Å². The van der Waals surface area contributed by atoms with E-state index in [0.717, 1.165) is 96.1 Å². The zero-order chi connectivity index (χ0) is 74.0. The highest BCUT2D eigenvalue weighted by molar-refractivity contribution is 7.48. The Morgan fingerprint density at radius 1 is 0.353 bits per heavy atom. The van der Waals surface area contributed by atoms with Crippen molar-refractivity contribution in [3.63, 3.8) is 0 Å². The van der Waals surface area contributed by atoms with Crippen LogP contribution in [0.5, 0.6) is 0 Å². The highest BCUT2D eigenvalue weighted by Gasteiger charge is 2.31. The van der Waals surface area contributed by atoms with Crippen LogP contribution in [0.1, 0.15) is 393 Å². The second-order valence-electron chi connectivity index (χ2n) is 28.3. The highest BCUT2D eigenvalue weighted by atomic mass is 31.2. The van der Waals surface area contributed by atoms with Crippen LogP contribution >= 0.6 is 16.4 Å². The molecule has 0 aromatic heterocycles. The molecule has 0 N–H and O–H groups in total. The Morgan fingerprint density at radius 3 is 0.980 bits per heavy atom. The number of benzene rings is 1. The van der Waals surface area contributed by atoms with Crippen molar-refractivity contribution >= 4 is 40.3 Å². The van der Waals surface area contributed by atoms with Gasteiger partial charge in [-0.15, -0.1) is 4.67 Å². The van der Waals surface area contributed by atoms with Gasteiger partial charge in [-0.25, -0.2) is 14.3 Å². The van der Waals surface area contributed by atoms with E-state index in [1.165, 1.54) is 238 Å². The molecule has 0 saturated heterocycles. The smallest absolute Gasteiger partial charge is 0.462 e. The third-order valence-corrected chi connectivity index (χ3v) is 20.7. The van der Waals surface area contributed by atoms with Gasteiger partial charge in [-0.05, 0) is 31.2 Å². The van der Waals surface area contributed by atoms with Crippen molar-refractivity contribution in [2.75, 3.05) is 53.9 Å². The number of carbonyl (C=O) groups is 4. The molecule has 1 aromatic carbocycles. The molecule has 0 amide bonds. The van der Waals surface area contributed by atoms with Gasteiger partial charge in [-0.3, -0.25) is 28.2 Å². The summed E-state index contributed by atoms with van der Waals surface area (Å²) in [7, 11) is -4.18. The van der Waals surface area contributed by atoms with Gasteiger partial charge in [0.05, 0.1) is 19.8 Å². The molecule has 20 heteroatoms. The fourth-order valence-electron chi connectivity index (χ4n) is 12.2. The van der Waals surface area contributed by atoms with Crippen LogP contribution in [0.3, 0.4) is 0 Å². The van der Waals surface area contributed by atoms with Crippen molar-refractivity contribution in [1.82, 2.24) is 0 Å². The zero-order valence-electron chi connectivity index (χ0n) is 65.9. The van der Waals surface area contributed by atoms with Gasteiger partial charge in [0.15, 0.2) is 12.2 Å². The molecule has 0 saturated carbocycles. The SMILES string of the molecule is CCCCCCCCCCCCCCCC(=O)OCC(COOP(OC)OCC(COOP(=O)(OC)OCC(COC(=O)CCCCCCCCCCCCCCC)OC(=O)CCCCCCCCCCCCCCC)OCc1ccccc1)OC(=O)CCCCCCCCCCCCCCC. The van der Waals surface area contributed by atoms with Crippen LogP contribution < -0.4 is 0 Å². The highest BCUT2D eigenvalue weighted by Crippen LogP contribution is 2.49. The quantitative estimate of drug-likeness (QED) is 0.0148. The van der Waals surface area contributed by atoms with Crippen LogP contribution in [-0.2, 0) is 91.3 Å². The molecule has 0 aliphatic carbocycles. The second kappa shape index (κ2) is 75.2. The van der Waals surface area contributed by atoms with Crippen molar-refractivity contribution in [2.24, 2.45) is 0 Å². The van der Waals surface area contributed by atoms with E-state index in [0.29, 0.717) is 19.3 Å². The molecule has 0 fully saturated rings.